The van der Waals surface area contributed by atoms with Crippen LogP contribution in [0.4, 0.5) is 13.2 Å². The molecule has 0 N–H and O–H groups in total. The first-order valence-electron chi connectivity index (χ1n) is 11.8. The molecule has 1 aromatic heterocycles. The molecule has 182 valence electrons. The molecule has 0 unspecified atom stereocenters. The maximum atomic E-state index is 12.7. The van der Waals surface area contributed by atoms with Gasteiger partial charge in [0.1, 0.15) is 5.75 Å². The number of likely N-dealkylation sites (tertiary alicyclic amines) is 2. The number of fused-ring (bicyclic) bond motifs is 4. The lowest BCUT2D eigenvalue weighted by Crippen LogP contribution is -2.53. The molecule has 5 rings (SSSR count). The van der Waals surface area contributed by atoms with E-state index in [1.54, 1.807) is 31.2 Å². The minimum Gasteiger partial charge on any atom is -0.406 e. The third-order valence-electron chi connectivity index (χ3n) is 7.44. The van der Waals surface area contributed by atoms with Crippen molar-refractivity contribution in [3.8, 4) is 16.9 Å². The number of piperidine rings is 2. The van der Waals surface area contributed by atoms with Crippen molar-refractivity contribution in [1.29, 1.82) is 0 Å². The highest BCUT2D eigenvalue weighted by molar-refractivity contribution is 5.73. The van der Waals surface area contributed by atoms with Crippen LogP contribution in [0.15, 0.2) is 41.2 Å². The summed E-state index contributed by atoms with van der Waals surface area (Å²) in [6.45, 7) is 5.60. The number of carbonyl (C=O) groups excluding carboxylic acids is 1. The van der Waals surface area contributed by atoms with E-state index in [4.69, 9.17) is 0 Å². The molecule has 0 spiro atoms. The summed E-state index contributed by atoms with van der Waals surface area (Å²) in [7, 11) is 0. The second-order valence-electron chi connectivity index (χ2n) is 9.64. The Bertz CT molecular complexity index is 1120. The lowest BCUT2D eigenvalue weighted by Gasteiger charge is -2.48. The lowest BCUT2D eigenvalue weighted by molar-refractivity contribution is -0.274. The Morgan fingerprint density at radius 1 is 1.00 bits per heavy atom. The molecule has 0 saturated carbocycles. The smallest absolute Gasteiger partial charge is 0.406 e. The van der Waals surface area contributed by atoms with Gasteiger partial charge < -0.3 is 14.2 Å². The molecule has 2 aromatic rings. The molecule has 2 saturated heterocycles. The Kier molecular flexibility index (Phi) is 5.91. The second kappa shape index (κ2) is 8.76. The lowest BCUT2D eigenvalue weighted by atomic mass is 9.79. The van der Waals surface area contributed by atoms with E-state index in [1.165, 1.54) is 12.1 Å². The van der Waals surface area contributed by atoms with Gasteiger partial charge in [0, 0.05) is 68.9 Å². The van der Waals surface area contributed by atoms with Gasteiger partial charge in [-0.25, -0.2) is 0 Å². The van der Waals surface area contributed by atoms with E-state index >= 15 is 0 Å². The van der Waals surface area contributed by atoms with E-state index in [0.717, 1.165) is 62.3 Å². The number of ether oxygens (including phenoxy) is 1. The summed E-state index contributed by atoms with van der Waals surface area (Å²) in [4.78, 5) is 28.9. The number of hydrogen-bond donors (Lipinski definition) is 0. The Morgan fingerprint density at radius 3 is 2.35 bits per heavy atom. The minimum absolute atomic E-state index is 0.0336. The average Bonchev–Trinajstić information content (AvgIpc) is 2.79. The third kappa shape index (κ3) is 4.58. The molecule has 2 bridgehead atoms. The van der Waals surface area contributed by atoms with Crippen molar-refractivity contribution in [2.45, 2.75) is 51.1 Å². The highest BCUT2D eigenvalue weighted by atomic mass is 19.4. The summed E-state index contributed by atoms with van der Waals surface area (Å²) in [6, 6.07) is 9.62. The third-order valence-corrected chi connectivity index (χ3v) is 7.44. The number of pyridine rings is 1. The molecule has 1 aromatic carbocycles. The van der Waals surface area contributed by atoms with Crippen LogP contribution in [0.3, 0.4) is 0 Å². The fraction of sp³-hybridized carbons (Fsp3) is 0.520. The van der Waals surface area contributed by atoms with Crippen molar-refractivity contribution in [3.63, 3.8) is 0 Å². The van der Waals surface area contributed by atoms with Crippen molar-refractivity contribution in [1.82, 2.24) is 14.4 Å². The number of alkyl halides is 3. The summed E-state index contributed by atoms with van der Waals surface area (Å²) in [5, 5.41) is 0. The molecule has 0 radical (unpaired) electrons. The zero-order chi connectivity index (χ0) is 24.0. The Hall–Kier alpha value is -2.81. The van der Waals surface area contributed by atoms with Crippen LogP contribution in [-0.2, 0) is 11.3 Å². The van der Waals surface area contributed by atoms with Crippen LogP contribution >= 0.6 is 0 Å². The van der Waals surface area contributed by atoms with Gasteiger partial charge in [0.2, 0.25) is 5.91 Å². The van der Waals surface area contributed by atoms with Crippen molar-refractivity contribution in [2.24, 2.45) is 5.92 Å². The predicted octanol–water partition coefficient (Wildman–Crippen LogP) is 3.84. The van der Waals surface area contributed by atoms with Gasteiger partial charge in [0.05, 0.1) is 0 Å². The molecule has 1 amide bonds. The van der Waals surface area contributed by atoms with Gasteiger partial charge in [-0.2, -0.15) is 0 Å². The first-order valence-corrected chi connectivity index (χ1v) is 11.8. The van der Waals surface area contributed by atoms with Crippen LogP contribution in [0, 0.1) is 5.92 Å². The number of rotatable bonds is 3. The number of benzene rings is 1. The molecule has 9 heteroatoms. The number of amides is 1. The van der Waals surface area contributed by atoms with Crippen LogP contribution in [0.25, 0.3) is 11.1 Å². The second-order valence-corrected chi connectivity index (χ2v) is 9.64. The largest absolute Gasteiger partial charge is 0.573 e. The highest BCUT2D eigenvalue weighted by Gasteiger charge is 2.39. The zero-order valence-electron chi connectivity index (χ0n) is 19.1. The monoisotopic (exact) mass is 475 g/mol. The summed E-state index contributed by atoms with van der Waals surface area (Å²) in [5.41, 5.74) is 2.59. The molecular formula is C25H28F3N3O3. The van der Waals surface area contributed by atoms with Gasteiger partial charge in [-0.15, -0.1) is 13.2 Å². The number of aromatic nitrogens is 1. The van der Waals surface area contributed by atoms with Crippen LogP contribution < -0.4 is 10.3 Å². The zero-order valence-corrected chi connectivity index (χ0v) is 19.1. The fourth-order valence-electron chi connectivity index (χ4n) is 5.98. The first kappa shape index (κ1) is 23.0. The van der Waals surface area contributed by atoms with Crippen LogP contribution in [0.1, 0.15) is 37.8 Å². The van der Waals surface area contributed by atoms with Crippen molar-refractivity contribution >= 4 is 5.91 Å². The number of nitrogens with zero attached hydrogens (tertiary/aromatic N) is 3. The standard InChI is InChI=1S/C25H28F3N3O3/c1-16(32)29-10-8-20(9-11-29)30-13-17-12-19(15-30)24-22(6-7-23(33)31(24)14-17)18-2-4-21(5-3-18)34-25(26,27)28/h2-7,17,19-20H,8-15H2,1H3/t17-,19-/m1/s1. The molecule has 4 heterocycles. The molecule has 2 fully saturated rings. The average molecular weight is 476 g/mol. The maximum absolute atomic E-state index is 12.7. The van der Waals surface area contributed by atoms with Gasteiger partial charge in [-0.1, -0.05) is 12.1 Å². The maximum Gasteiger partial charge on any atom is 0.573 e. The SMILES string of the molecule is CC(=O)N1CCC(N2C[C@H]3C[C@H](C2)c2c(-c4ccc(OC(F)(F)F)cc4)ccc(=O)n2C3)CC1. The molecule has 2 atom stereocenters. The quantitative estimate of drug-likeness (QED) is 0.677. The highest BCUT2D eigenvalue weighted by Crippen LogP contribution is 2.41. The van der Waals surface area contributed by atoms with Crippen molar-refractivity contribution < 1.29 is 22.7 Å². The van der Waals surface area contributed by atoms with Crippen molar-refractivity contribution in [3.05, 3.63) is 52.4 Å². The van der Waals surface area contributed by atoms with Gasteiger partial charge in [0.15, 0.2) is 0 Å². The number of carbonyl (C=O) groups is 1. The Balaban J connectivity index is 1.41. The van der Waals surface area contributed by atoms with E-state index in [9.17, 15) is 22.8 Å². The van der Waals surface area contributed by atoms with E-state index < -0.39 is 6.36 Å². The molecule has 0 aliphatic carbocycles. The van der Waals surface area contributed by atoms with Crippen LogP contribution in [-0.4, -0.2) is 58.9 Å². The van der Waals surface area contributed by atoms with E-state index in [1.807, 2.05) is 9.47 Å². The van der Waals surface area contributed by atoms with Gasteiger partial charge >= 0.3 is 6.36 Å². The van der Waals surface area contributed by atoms with Crippen molar-refractivity contribution in [2.75, 3.05) is 26.2 Å². The topological polar surface area (TPSA) is 54.8 Å². The first-order chi connectivity index (χ1) is 16.2. The van der Waals surface area contributed by atoms with E-state index in [2.05, 4.69) is 9.64 Å². The number of hydrogen-bond acceptors (Lipinski definition) is 4. The summed E-state index contributed by atoms with van der Waals surface area (Å²) in [6.07, 6.45) is -1.83. The van der Waals surface area contributed by atoms with Gasteiger partial charge in [0.25, 0.3) is 5.56 Å². The van der Waals surface area contributed by atoms with Crippen LogP contribution in [0.2, 0.25) is 0 Å². The van der Waals surface area contributed by atoms with Crippen LogP contribution in [0.5, 0.6) is 5.75 Å². The Morgan fingerprint density at radius 2 is 1.71 bits per heavy atom. The molecule has 34 heavy (non-hydrogen) atoms. The summed E-state index contributed by atoms with van der Waals surface area (Å²) < 4.78 is 43.5. The predicted molar refractivity (Wildman–Crippen MR) is 121 cm³/mol. The van der Waals surface area contributed by atoms with E-state index in [0.29, 0.717) is 18.5 Å². The normalized spacial score (nSPS) is 23.5. The summed E-state index contributed by atoms with van der Waals surface area (Å²) in [5.74, 6) is 0.415. The minimum atomic E-state index is -4.73. The summed E-state index contributed by atoms with van der Waals surface area (Å²) >= 11 is 0. The molecule has 6 nitrogen and oxygen atoms in total. The van der Waals surface area contributed by atoms with Gasteiger partial charge in [-0.05, 0) is 48.9 Å². The number of halogens is 3. The fourth-order valence-corrected chi connectivity index (χ4v) is 5.98. The molecule has 3 aliphatic rings. The van der Waals surface area contributed by atoms with Gasteiger partial charge in [-0.3, -0.25) is 14.5 Å². The molecular weight excluding hydrogens is 447 g/mol. The molecule has 3 aliphatic heterocycles. The van der Waals surface area contributed by atoms with E-state index in [-0.39, 0.29) is 23.1 Å². The Labute approximate surface area is 195 Å².